The standard InChI is InChI=1S/C31H36N4O.C29H37N3O.C27H34N4O.C26H30ClN3O/c1-2-35(26-15-18-32-19-16-26)22-23-7-5-9-25(21-23)29-17-20-33-31(34-29)12-6-8-24-13-14-30(36)28-11-4-3-10-27(24)28;1-2-32(20-18-23-7-3-4-8-23)22-25-10-5-11-26(21-25)28-17-19-30-29(31-28)12-6-9-24-13-15-27(33)16-14-24;1-20(2)26-18-28-15-16-31(26)19-22-6-3-7-23(17-22)25-13-14-29-27(30-25)8-4-5-21-9-11-24(32)12-10-21;1-19-6-2-3-15-30(19)18-21-8-4-9-22(16-21)24-13-14-28-26(29-24)10-5-7-20-11-12-25(31)23(27)17-20/h3-5,7,9-11,13-14,17,20-21,26,32,36H,2,6,8,12,15-16,18-19,22H2,1H3;5,10-11,13-17,19,21,23,33H,2-4,6-9,12,18,20,22H2,1H3;3,6-7,9-14,17,20,26,28,32H,4-5,8,15-16,18-19H2,1-2H3;4,8-9,11-14,16-17,19,31H,2-3,5-7,10,15,18H2,1H3/t;;;19-/m...0/s1. The lowest BCUT2D eigenvalue weighted by atomic mass is 9.99. The lowest BCUT2D eigenvalue weighted by molar-refractivity contribution is 0.117. The average Bonchev–Trinajstić information content (AvgIpc) is 0.841. The molecule has 18 nitrogen and oxygen atoms in total. The van der Waals surface area contributed by atoms with Gasteiger partial charge in [0.2, 0.25) is 0 Å². The summed E-state index contributed by atoms with van der Waals surface area (Å²) in [6, 6.07) is 77.3. The summed E-state index contributed by atoms with van der Waals surface area (Å²) in [5.41, 5.74) is 18.8. The molecule has 3 saturated heterocycles. The van der Waals surface area contributed by atoms with Crippen LogP contribution >= 0.6 is 11.6 Å². The first-order valence-corrected chi connectivity index (χ1v) is 49.2. The summed E-state index contributed by atoms with van der Waals surface area (Å²) in [6.07, 6.45) is 31.8. The van der Waals surface area contributed by atoms with Crippen LogP contribution in [0, 0.1) is 11.8 Å². The van der Waals surface area contributed by atoms with Crippen molar-refractivity contribution in [2.45, 2.75) is 220 Å². The zero-order valence-electron chi connectivity index (χ0n) is 78.3. The van der Waals surface area contributed by atoms with Gasteiger partial charge < -0.3 is 31.1 Å². The molecule has 4 aliphatic rings. The van der Waals surface area contributed by atoms with Crippen LogP contribution in [0.4, 0.5) is 0 Å². The van der Waals surface area contributed by atoms with Gasteiger partial charge in [0.25, 0.3) is 0 Å². The number of hydrogen-bond acceptors (Lipinski definition) is 18. The number of nitrogens with zero attached hydrogens (tertiary/aromatic N) is 12. The Morgan fingerprint density at radius 2 is 0.871 bits per heavy atom. The highest BCUT2D eigenvalue weighted by Gasteiger charge is 2.27. The quantitative estimate of drug-likeness (QED) is 0.0217. The molecular formula is C113H137ClN14O4. The second-order valence-electron chi connectivity index (χ2n) is 36.7. The number of phenolic OH excluding ortho intramolecular Hbond substituents is 4. The number of aromatic hydroxyl groups is 4. The summed E-state index contributed by atoms with van der Waals surface area (Å²) in [7, 11) is 0. The van der Waals surface area contributed by atoms with Crippen molar-refractivity contribution in [2.75, 3.05) is 58.9 Å². The molecule has 3 aliphatic heterocycles. The topological polar surface area (TPSA) is 221 Å². The highest BCUT2D eigenvalue weighted by atomic mass is 35.5. The third kappa shape index (κ3) is 29.7. The van der Waals surface area contributed by atoms with Crippen LogP contribution in [-0.4, -0.2) is 157 Å². The summed E-state index contributed by atoms with van der Waals surface area (Å²) in [5.74, 6) is 6.18. The van der Waals surface area contributed by atoms with E-state index in [1.54, 1.807) is 36.4 Å². The van der Waals surface area contributed by atoms with Gasteiger partial charge in [-0.15, -0.1) is 0 Å². The Morgan fingerprint density at radius 1 is 0.409 bits per heavy atom. The molecule has 1 unspecified atom stereocenters. The maximum Gasteiger partial charge on any atom is 0.134 e. The number of nitrogens with one attached hydrogen (secondary N) is 2. The molecule has 690 valence electrons. The van der Waals surface area contributed by atoms with E-state index in [2.05, 4.69) is 188 Å². The van der Waals surface area contributed by atoms with Crippen LogP contribution in [-0.2, 0) is 77.5 Å². The van der Waals surface area contributed by atoms with E-state index in [4.69, 9.17) is 31.5 Å². The number of piperazine rings is 1. The Bertz CT molecular complexity index is 5710. The summed E-state index contributed by atoms with van der Waals surface area (Å²) in [6.45, 7) is 25.5. The van der Waals surface area contributed by atoms with Crippen molar-refractivity contribution < 1.29 is 20.4 Å². The molecule has 0 amide bonds. The van der Waals surface area contributed by atoms with Gasteiger partial charge in [0.05, 0.1) is 27.8 Å². The SMILES string of the molecule is CC(C)C1CNCCN1Cc1cccc(-c2ccnc(CCCc3ccc(O)cc3)n2)c1.CCN(CCC1CCCC1)Cc1cccc(-c2ccnc(CCCc3ccc(O)cc3)n2)c1.CCN(Cc1cccc(-c2ccnc(CCCc3ccc(O)c4ccccc34)n2)c1)C1CCNCC1.C[C@H]1CCCCN1Cc1cccc(-c2ccnc(CCCc3ccc(O)c(Cl)c3)n2)c1. The number of halogens is 1. The van der Waals surface area contributed by atoms with E-state index in [9.17, 15) is 20.4 Å². The maximum absolute atomic E-state index is 10.2. The lowest BCUT2D eigenvalue weighted by Gasteiger charge is -2.38. The van der Waals surface area contributed by atoms with E-state index in [-0.39, 0.29) is 5.75 Å². The Balaban J connectivity index is 0.000000142. The fraction of sp³-hybridized carbons (Fsp3) is 0.398. The number of rotatable bonds is 35. The molecule has 13 aromatic rings. The van der Waals surface area contributed by atoms with Crippen LogP contribution in [0.1, 0.15) is 192 Å². The zero-order valence-corrected chi connectivity index (χ0v) is 79.1. The smallest absolute Gasteiger partial charge is 0.134 e. The third-order valence-electron chi connectivity index (χ3n) is 26.7. The highest BCUT2D eigenvalue weighted by molar-refractivity contribution is 6.32. The molecule has 132 heavy (non-hydrogen) atoms. The molecule has 2 atom stereocenters. The maximum atomic E-state index is 10.2. The molecule has 9 aromatic carbocycles. The van der Waals surface area contributed by atoms with Crippen molar-refractivity contribution in [3.63, 3.8) is 0 Å². The van der Waals surface area contributed by atoms with Crippen LogP contribution in [0.15, 0.2) is 249 Å². The Morgan fingerprint density at radius 3 is 1.37 bits per heavy atom. The summed E-state index contributed by atoms with van der Waals surface area (Å²) in [5, 5.41) is 48.0. The first kappa shape index (κ1) is 96.9. The fourth-order valence-electron chi connectivity index (χ4n) is 19.1. The Kier molecular flexibility index (Phi) is 37.1. The van der Waals surface area contributed by atoms with Gasteiger partial charge in [-0.05, 0) is 282 Å². The van der Waals surface area contributed by atoms with Crippen LogP contribution < -0.4 is 10.6 Å². The van der Waals surface area contributed by atoms with E-state index < -0.39 is 0 Å². The number of piperidine rings is 2. The molecule has 7 heterocycles. The van der Waals surface area contributed by atoms with E-state index in [0.29, 0.717) is 46.3 Å². The lowest BCUT2D eigenvalue weighted by Crippen LogP contribution is -2.52. The van der Waals surface area contributed by atoms with E-state index in [1.807, 2.05) is 110 Å². The van der Waals surface area contributed by atoms with Crippen molar-refractivity contribution >= 4 is 22.4 Å². The molecule has 6 N–H and O–H groups in total. The molecule has 0 radical (unpaired) electrons. The number of fused-ring (bicyclic) bond motifs is 1. The van der Waals surface area contributed by atoms with Gasteiger partial charge in [-0.3, -0.25) is 19.6 Å². The number of aromatic nitrogens is 8. The van der Waals surface area contributed by atoms with Gasteiger partial charge in [0.1, 0.15) is 46.3 Å². The fourth-order valence-corrected chi connectivity index (χ4v) is 19.3. The van der Waals surface area contributed by atoms with Gasteiger partial charge in [-0.2, -0.15) is 0 Å². The predicted molar refractivity (Wildman–Crippen MR) is 538 cm³/mol. The minimum Gasteiger partial charge on any atom is -0.508 e. The van der Waals surface area contributed by atoms with Crippen LogP contribution in [0.2, 0.25) is 5.02 Å². The first-order chi connectivity index (χ1) is 64.6. The summed E-state index contributed by atoms with van der Waals surface area (Å²) < 4.78 is 0. The molecule has 17 rings (SSSR count). The van der Waals surface area contributed by atoms with Crippen molar-refractivity contribution in [3.05, 3.63) is 322 Å². The summed E-state index contributed by atoms with van der Waals surface area (Å²) in [4.78, 5) is 47.8. The van der Waals surface area contributed by atoms with E-state index >= 15 is 0 Å². The van der Waals surface area contributed by atoms with Gasteiger partial charge in [-0.25, -0.2) is 39.9 Å². The number of phenols is 4. The second-order valence-corrected chi connectivity index (χ2v) is 37.1. The molecule has 0 bridgehead atoms. The monoisotopic (exact) mass is 1790 g/mol. The highest BCUT2D eigenvalue weighted by Crippen LogP contribution is 2.34. The van der Waals surface area contributed by atoms with Crippen LogP contribution in [0.25, 0.3) is 55.8 Å². The zero-order chi connectivity index (χ0) is 91.6. The molecule has 19 heteroatoms. The largest absolute Gasteiger partial charge is 0.508 e. The average molecular weight is 1790 g/mol. The first-order valence-electron chi connectivity index (χ1n) is 48.8. The number of aryl methyl sites for hydroxylation is 8. The predicted octanol–water partition coefficient (Wildman–Crippen LogP) is 22.7. The number of benzene rings is 9. The van der Waals surface area contributed by atoms with Crippen molar-refractivity contribution in [1.29, 1.82) is 0 Å². The van der Waals surface area contributed by atoms with Crippen molar-refractivity contribution in [2.24, 2.45) is 11.8 Å². The molecule has 1 saturated carbocycles. The molecule has 4 fully saturated rings. The normalized spacial score (nSPS) is 15.6. The van der Waals surface area contributed by atoms with E-state index in [1.165, 1.54) is 122 Å². The Labute approximate surface area is 789 Å². The minimum absolute atomic E-state index is 0.124. The number of hydrogen-bond donors (Lipinski definition) is 6. The van der Waals surface area contributed by atoms with E-state index in [0.717, 1.165) is 234 Å². The number of likely N-dealkylation sites (tertiary alicyclic amines) is 1. The second kappa shape index (κ2) is 50.6. The van der Waals surface area contributed by atoms with Crippen LogP contribution in [0.3, 0.4) is 0 Å². The van der Waals surface area contributed by atoms with Gasteiger partial charge >= 0.3 is 0 Å². The molecule has 4 aromatic heterocycles. The Hall–Kier alpha value is -11.2. The van der Waals surface area contributed by atoms with Gasteiger partial charge in [-0.1, -0.05) is 205 Å². The van der Waals surface area contributed by atoms with Crippen molar-refractivity contribution in [1.82, 2.24) is 70.1 Å². The van der Waals surface area contributed by atoms with Gasteiger partial charge in [0, 0.05) is 142 Å². The van der Waals surface area contributed by atoms with Crippen molar-refractivity contribution in [3.8, 4) is 68.0 Å². The molecule has 0 spiro atoms. The van der Waals surface area contributed by atoms with Gasteiger partial charge in [0.15, 0.2) is 0 Å². The minimum atomic E-state index is 0.124. The van der Waals surface area contributed by atoms with Crippen LogP contribution in [0.5, 0.6) is 23.0 Å². The third-order valence-corrected chi connectivity index (χ3v) is 27.0. The molecular weight excluding hydrogens is 1650 g/mol. The summed E-state index contributed by atoms with van der Waals surface area (Å²) >= 11 is 6.00. The molecule has 1 aliphatic carbocycles.